The van der Waals surface area contributed by atoms with Crippen LogP contribution in [0.4, 0.5) is 4.39 Å². The zero-order valence-corrected chi connectivity index (χ0v) is 12.1. The number of hydrogen-bond donors (Lipinski definition) is 2. The molecule has 0 aliphatic rings. The van der Waals surface area contributed by atoms with E-state index in [1.54, 1.807) is 11.3 Å². The van der Waals surface area contributed by atoms with E-state index >= 15 is 0 Å². The largest absolute Gasteiger partial charge is 0.273 e. The molecule has 0 aliphatic carbocycles. The van der Waals surface area contributed by atoms with E-state index in [4.69, 9.17) is 0 Å². The molecule has 2 N–H and O–H groups in total. The van der Waals surface area contributed by atoms with E-state index in [0.29, 0.717) is 18.4 Å². The van der Waals surface area contributed by atoms with Gasteiger partial charge in [0.2, 0.25) is 11.8 Å². The fourth-order valence-corrected chi connectivity index (χ4v) is 2.43. The average Bonchev–Trinajstić information content (AvgIpc) is 2.99. The highest BCUT2D eigenvalue weighted by Crippen LogP contribution is 2.08. The molecule has 0 bridgehead atoms. The molecule has 0 spiro atoms. The van der Waals surface area contributed by atoms with Gasteiger partial charge in [-0.05, 0) is 46.5 Å². The number of carbonyl (C=O) groups is 2. The van der Waals surface area contributed by atoms with Crippen molar-refractivity contribution in [2.24, 2.45) is 0 Å². The van der Waals surface area contributed by atoms with Gasteiger partial charge in [-0.15, -0.1) is 0 Å². The Bertz CT molecular complexity index is 597. The summed E-state index contributed by atoms with van der Waals surface area (Å²) >= 11 is 1.58. The van der Waals surface area contributed by atoms with Gasteiger partial charge in [-0.25, -0.2) is 4.39 Å². The zero-order chi connectivity index (χ0) is 15.1. The van der Waals surface area contributed by atoms with E-state index in [1.165, 1.54) is 24.3 Å². The normalized spacial score (nSPS) is 10.1. The highest BCUT2D eigenvalue weighted by Gasteiger charge is 2.06. The van der Waals surface area contributed by atoms with Gasteiger partial charge in [0.15, 0.2) is 0 Å². The number of thiophene rings is 1. The average molecular weight is 306 g/mol. The molecule has 0 saturated carbocycles. The second kappa shape index (κ2) is 7.54. The molecule has 0 saturated heterocycles. The highest BCUT2D eigenvalue weighted by atomic mass is 32.1. The predicted octanol–water partition coefficient (Wildman–Crippen LogP) is 2.21. The van der Waals surface area contributed by atoms with Crippen molar-refractivity contribution in [2.45, 2.75) is 19.3 Å². The Labute approximate surface area is 126 Å². The Hall–Kier alpha value is -2.21. The molecule has 0 radical (unpaired) electrons. The lowest BCUT2D eigenvalue weighted by Gasteiger charge is -2.07. The van der Waals surface area contributed by atoms with Gasteiger partial charge in [0, 0.05) is 6.42 Å². The molecular weight excluding hydrogens is 291 g/mol. The summed E-state index contributed by atoms with van der Waals surface area (Å²) < 4.78 is 12.7. The quantitative estimate of drug-likeness (QED) is 0.832. The molecule has 0 fully saturated rings. The van der Waals surface area contributed by atoms with Crippen molar-refractivity contribution in [3.63, 3.8) is 0 Å². The number of hydrazine groups is 1. The van der Waals surface area contributed by atoms with E-state index in [-0.39, 0.29) is 24.1 Å². The van der Waals surface area contributed by atoms with Crippen molar-refractivity contribution < 1.29 is 14.0 Å². The van der Waals surface area contributed by atoms with E-state index in [2.05, 4.69) is 10.9 Å². The summed E-state index contributed by atoms with van der Waals surface area (Å²) in [5.41, 5.74) is 6.50. The van der Waals surface area contributed by atoms with Gasteiger partial charge in [-0.2, -0.15) is 11.3 Å². The number of rotatable bonds is 5. The highest BCUT2D eigenvalue weighted by molar-refractivity contribution is 7.07. The molecule has 0 aliphatic heterocycles. The number of amides is 2. The molecule has 4 nitrogen and oxygen atoms in total. The summed E-state index contributed by atoms with van der Waals surface area (Å²) in [6.07, 6.45) is 1.04. The lowest BCUT2D eigenvalue weighted by molar-refractivity contribution is -0.128. The van der Waals surface area contributed by atoms with Crippen molar-refractivity contribution in [1.29, 1.82) is 0 Å². The summed E-state index contributed by atoms with van der Waals surface area (Å²) in [5, 5.41) is 3.94. The van der Waals surface area contributed by atoms with E-state index in [9.17, 15) is 14.0 Å². The summed E-state index contributed by atoms with van der Waals surface area (Å²) in [6.45, 7) is 0. The fraction of sp³-hybridized carbons (Fsp3) is 0.200. The van der Waals surface area contributed by atoms with E-state index in [1.807, 2.05) is 16.8 Å². The van der Waals surface area contributed by atoms with Crippen molar-refractivity contribution >= 4 is 23.2 Å². The number of carbonyl (C=O) groups excluding carboxylic acids is 2. The molecule has 6 heteroatoms. The molecule has 2 rings (SSSR count). The molecule has 21 heavy (non-hydrogen) atoms. The first-order valence-corrected chi connectivity index (χ1v) is 7.41. The molecular formula is C15H15FN2O2S. The Morgan fingerprint density at radius 2 is 1.71 bits per heavy atom. The summed E-state index contributed by atoms with van der Waals surface area (Å²) in [5.74, 6) is -0.931. The number of aryl methyl sites for hydroxylation is 1. The van der Waals surface area contributed by atoms with Gasteiger partial charge >= 0.3 is 0 Å². The van der Waals surface area contributed by atoms with Crippen LogP contribution in [-0.4, -0.2) is 11.8 Å². The Morgan fingerprint density at radius 1 is 1.00 bits per heavy atom. The Kier molecular flexibility index (Phi) is 5.45. The topological polar surface area (TPSA) is 58.2 Å². The van der Waals surface area contributed by atoms with Crippen LogP contribution < -0.4 is 10.9 Å². The molecule has 0 atom stereocenters. The van der Waals surface area contributed by atoms with E-state index < -0.39 is 0 Å². The zero-order valence-electron chi connectivity index (χ0n) is 11.3. The SMILES string of the molecule is O=C(CCc1ccsc1)NNC(=O)Cc1ccc(F)cc1. The van der Waals surface area contributed by atoms with Crippen molar-refractivity contribution in [3.8, 4) is 0 Å². The van der Waals surface area contributed by atoms with Gasteiger partial charge in [0.05, 0.1) is 6.42 Å². The first-order chi connectivity index (χ1) is 10.1. The summed E-state index contributed by atoms with van der Waals surface area (Å²) in [6, 6.07) is 7.62. The number of benzene rings is 1. The smallest absolute Gasteiger partial charge is 0.242 e. The van der Waals surface area contributed by atoms with Crippen LogP contribution in [0.1, 0.15) is 17.5 Å². The van der Waals surface area contributed by atoms with Gasteiger partial charge in [0.1, 0.15) is 5.82 Å². The van der Waals surface area contributed by atoms with Crippen molar-refractivity contribution in [3.05, 3.63) is 58.0 Å². The second-order valence-electron chi connectivity index (χ2n) is 4.53. The van der Waals surface area contributed by atoms with Crippen LogP contribution >= 0.6 is 11.3 Å². The maximum absolute atomic E-state index is 12.7. The van der Waals surface area contributed by atoms with Gasteiger partial charge < -0.3 is 0 Å². The first-order valence-electron chi connectivity index (χ1n) is 6.46. The minimum atomic E-state index is -0.346. The van der Waals surface area contributed by atoms with E-state index in [0.717, 1.165) is 5.56 Å². The lowest BCUT2D eigenvalue weighted by Crippen LogP contribution is -2.42. The molecule has 110 valence electrons. The molecule has 2 aromatic rings. The van der Waals surface area contributed by atoms with Crippen LogP contribution in [0.5, 0.6) is 0 Å². The van der Waals surface area contributed by atoms with Gasteiger partial charge in [-0.3, -0.25) is 20.4 Å². The molecule has 0 unspecified atom stereocenters. The predicted molar refractivity (Wildman–Crippen MR) is 79.0 cm³/mol. The van der Waals surface area contributed by atoms with Crippen molar-refractivity contribution in [1.82, 2.24) is 10.9 Å². The maximum Gasteiger partial charge on any atom is 0.242 e. The lowest BCUT2D eigenvalue weighted by atomic mass is 10.1. The Balaban J connectivity index is 1.68. The fourth-order valence-electron chi connectivity index (χ4n) is 1.73. The molecule has 2 amide bonds. The van der Waals surface area contributed by atoms with Crippen LogP contribution in [-0.2, 0) is 22.4 Å². The molecule has 1 heterocycles. The van der Waals surface area contributed by atoms with Crippen molar-refractivity contribution in [2.75, 3.05) is 0 Å². The van der Waals surface area contributed by atoms with Crippen LogP contribution in [0.15, 0.2) is 41.1 Å². The third-order valence-electron chi connectivity index (χ3n) is 2.84. The minimum Gasteiger partial charge on any atom is -0.273 e. The van der Waals surface area contributed by atoms with Crippen LogP contribution in [0.2, 0.25) is 0 Å². The number of hydrogen-bond acceptors (Lipinski definition) is 3. The van der Waals surface area contributed by atoms with Crippen LogP contribution in [0, 0.1) is 5.82 Å². The second-order valence-corrected chi connectivity index (χ2v) is 5.31. The van der Waals surface area contributed by atoms with Gasteiger partial charge in [-0.1, -0.05) is 12.1 Å². The standard InChI is InChI=1S/C15H15FN2O2S/c16-13-4-1-11(2-5-13)9-15(20)18-17-14(19)6-3-12-7-8-21-10-12/h1-2,4-5,7-8,10H,3,6,9H2,(H,17,19)(H,18,20). The Morgan fingerprint density at radius 3 is 2.38 bits per heavy atom. The monoisotopic (exact) mass is 306 g/mol. The van der Waals surface area contributed by atoms with Crippen LogP contribution in [0.25, 0.3) is 0 Å². The third kappa shape index (κ3) is 5.35. The maximum atomic E-state index is 12.7. The number of halogens is 1. The molecule has 1 aromatic carbocycles. The van der Waals surface area contributed by atoms with Crippen LogP contribution in [0.3, 0.4) is 0 Å². The summed E-state index contributed by atoms with van der Waals surface area (Å²) in [7, 11) is 0. The number of nitrogens with one attached hydrogen (secondary N) is 2. The molecule has 1 aromatic heterocycles. The first kappa shape index (κ1) is 15.2. The summed E-state index contributed by atoms with van der Waals surface area (Å²) in [4.78, 5) is 23.2. The third-order valence-corrected chi connectivity index (χ3v) is 3.57. The minimum absolute atomic E-state index is 0.0884. The van der Waals surface area contributed by atoms with Gasteiger partial charge in [0.25, 0.3) is 0 Å².